The number of aryl methyl sites for hydroxylation is 1. The molecule has 2 aromatic carbocycles. The highest BCUT2D eigenvalue weighted by atomic mass is 35.5. The molecular formula is C24H28ClNO4. The third kappa shape index (κ3) is 4.63. The van der Waals surface area contributed by atoms with Crippen molar-refractivity contribution in [3.63, 3.8) is 0 Å². The normalized spacial score (nSPS) is 12.9. The molecule has 1 aromatic heterocycles. The summed E-state index contributed by atoms with van der Waals surface area (Å²) in [6.07, 6.45) is -0.0413. The molecule has 1 aliphatic heterocycles. The zero-order valence-corrected chi connectivity index (χ0v) is 18.8. The second-order valence-corrected chi connectivity index (χ2v) is 9.04. The number of carboxylic acid groups (broad SMARTS) is 1. The van der Waals surface area contributed by atoms with Crippen LogP contribution in [-0.4, -0.2) is 33.0 Å². The van der Waals surface area contributed by atoms with E-state index < -0.39 is 11.6 Å². The van der Waals surface area contributed by atoms with Crippen molar-refractivity contribution in [3.8, 4) is 16.9 Å². The van der Waals surface area contributed by atoms with Crippen LogP contribution in [0, 0.1) is 13.8 Å². The first-order valence-electron chi connectivity index (χ1n) is 9.95. The van der Waals surface area contributed by atoms with E-state index in [1.807, 2.05) is 31.2 Å². The molecule has 3 aromatic rings. The van der Waals surface area contributed by atoms with E-state index in [-0.39, 0.29) is 6.42 Å². The minimum atomic E-state index is -0.850. The summed E-state index contributed by atoms with van der Waals surface area (Å²) < 4.78 is 8.19. The Hall–Kier alpha value is -2.50. The number of carboxylic acids is 1. The standard InChI is InChI=1S/C20H18ClNO3.C4H10O/c1-11-9-16-18(13-3-5-14(21)6-4-13)15(10-17(23)24)12(2)20-19(16)22(11)7-8-25-20;1-4(2,3)5/h3-6,9H,7-8,10H2,1-2H3,(H,23,24);5H,1-3H3. The van der Waals surface area contributed by atoms with Crippen molar-refractivity contribution in [1.82, 2.24) is 4.57 Å². The summed E-state index contributed by atoms with van der Waals surface area (Å²) in [7, 11) is 0. The van der Waals surface area contributed by atoms with E-state index in [0.717, 1.165) is 51.1 Å². The van der Waals surface area contributed by atoms with Gasteiger partial charge in [-0.15, -0.1) is 0 Å². The number of rotatable bonds is 3. The topological polar surface area (TPSA) is 71.7 Å². The number of benzene rings is 2. The number of halogens is 1. The van der Waals surface area contributed by atoms with Crippen molar-refractivity contribution in [2.75, 3.05) is 6.61 Å². The van der Waals surface area contributed by atoms with E-state index in [9.17, 15) is 9.90 Å². The molecule has 0 saturated carbocycles. The Balaban J connectivity index is 0.000000461. The molecule has 0 radical (unpaired) electrons. The van der Waals surface area contributed by atoms with E-state index in [4.69, 9.17) is 21.4 Å². The summed E-state index contributed by atoms with van der Waals surface area (Å²) in [6.45, 7) is 10.7. The van der Waals surface area contributed by atoms with Crippen molar-refractivity contribution < 1.29 is 19.7 Å². The summed E-state index contributed by atoms with van der Waals surface area (Å²) in [5.74, 6) is -0.0415. The minimum absolute atomic E-state index is 0.0413. The molecule has 2 heterocycles. The average molecular weight is 430 g/mol. The molecule has 1 aliphatic rings. The van der Waals surface area contributed by atoms with Gasteiger partial charge in [-0.1, -0.05) is 23.7 Å². The van der Waals surface area contributed by atoms with Gasteiger partial charge in [0.05, 0.1) is 24.1 Å². The molecule has 0 unspecified atom stereocenters. The third-order valence-electron chi connectivity index (χ3n) is 4.91. The molecule has 0 fully saturated rings. The van der Waals surface area contributed by atoms with Gasteiger partial charge in [0.15, 0.2) is 0 Å². The summed E-state index contributed by atoms with van der Waals surface area (Å²) in [4.78, 5) is 11.5. The Morgan fingerprint density at radius 1 is 1.20 bits per heavy atom. The molecule has 6 heteroatoms. The van der Waals surface area contributed by atoms with E-state index in [0.29, 0.717) is 11.6 Å². The third-order valence-corrected chi connectivity index (χ3v) is 5.16. The molecule has 0 spiro atoms. The Morgan fingerprint density at radius 3 is 2.37 bits per heavy atom. The molecule has 2 N–H and O–H groups in total. The number of hydrogen-bond donors (Lipinski definition) is 2. The van der Waals surface area contributed by atoms with Crippen LogP contribution < -0.4 is 4.74 Å². The first kappa shape index (κ1) is 22.2. The Labute approximate surface area is 181 Å². The van der Waals surface area contributed by atoms with Crippen LogP contribution in [0.15, 0.2) is 30.3 Å². The maximum absolute atomic E-state index is 11.5. The minimum Gasteiger partial charge on any atom is -0.489 e. The highest BCUT2D eigenvalue weighted by molar-refractivity contribution is 6.30. The fraction of sp³-hybridized carbons (Fsp3) is 0.375. The number of aromatic nitrogens is 1. The Morgan fingerprint density at radius 2 is 1.80 bits per heavy atom. The number of hydrogen-bond acceptors (Lipinski definition) is 3. The molecule has 0 saturated heterocycles. The lowest BCUT2D eigenvalue weighted by atomic mass is 9.90. The Bertz CT molecular complexity index is 1090. The van der Waals surface area contributed by atoms with Gasteiger partial charge in [0, 0.05) is 16.1 Å². The van der Waals surface area contributed by atoms with Crippen molar-refractivity contribution in [3.05, 3.63) is 52.2 Å². The quantitative estimate of drug-likeness (QED) is 0.586. The number of nitrogens with zero attached hydrogens (tertiary/aromatic N) is 1. The summed E-state index contributed by atoms with van der Waals surface area (Å²) in [5, 5.41) is 19.7. The van der Waals surface area contributed by atoms with Gasteiger partial charge in [0.25, 0.3) is 0 Å². The average Bonchev–Trinajstić information content (AvgIpc) is 2.97. The lowest BCUT2D eigenvalue weighted by Gasteiger charge is -2.24. The summed E-state index contributed by atoms with van der Waals surface area (Å²) >= 11 is 6.04. The van der Waals surface area contributed by atoms with Crippen LogP contribution in [0.5, 0.6) is 5.75 Å². The molecule has 0 atom stereocenters. The molecule has 0 aliphatic carbocycles. The largest absolute Gasteiger partial charge is 0.489 e. The maximum atomic E-state index is 11.5. The molecular weight excluding hydrogens is 402 g/mol. The fourth-order valence-corrected chi connectivity index (χ4v) is 3.93. The van der Waals surface area contributed by atoms with Gasteiger partial charge in [0.1, 0.15) is 12.4 Å². The van der Waals surface area contributed by atoms with Crippen LogP contribution in [0.2, 0.25) is 5.02 Å². The first-order valence-corrected chi connectivity index (χ1v) is 10.3. The smallest absolute Gasteiger partial charge is 0.307 e. The predicted octanol–water partition coefficient (Wildman–Crippen LogP) is 5.38. The van der Waals surface area contributed by atoms with Crippen LogP contribution in [0.3, 0.4) is 0 Å². The van der Waals surface area contributed by atoms with Crippen LogP contribution >= 0.6 is 11.6 Å². The number of carbonyl (C=O) groups is 1. The fourth-order valence-electron chi connectivity index (χ4n) is 3.80. The Kier molecular flexibility index (Phi) is 6.16. The first-order chi connectivity index (χ1) is 14.0. The van der Waals surface area contributed by atoms with Gasteiger partial charge in [-0.25, -0.2) is 0 Å². The van der Waals surface area contributed by atoms with Gasteiger partial charge < -0.3 is 19.5 Å². The van der Waals surface area contributed by atoms with Gasteiger partial charge >= 0.3 is 5.97 Å². The predicted molar refractivity (Wildman–Crippen MR) is 121 cm³/mol. The summed E-state index contributed by atoms with van der Waals surface area (Å²) in [5.41, 5.74) is 5.35. The van der Waals surface area contributed by atoms with Gasteiger partial charge in [-0.05, 0) is 75.1 Å². The highest BCUT2D eigenvalue weighted by Crippen LogP contribution is 2.44. The van der Waals surface area contributed by atoms with Gasteiger partial charge in [-0.3, -0.25) is 4.79 Å². The van der Waals surface area contributed by atoms with Gasteiger partial charge in [0.2, 0.25) is 0 Å². The highest BCUT2D eigenvalue weighted by Gasteiger charge is 2.26. The van der Waals surface area contributed by atoms with Crippen molar-refractivity contribution >= 4 is 28.5 Å². The van der Waals surface area contributed by atoms with Crippen LogP contribution in [0.25, 0.3) is 22.0 Å². The van der Waals surface area contributed by atoms with Crippen molar-refractivity contribution in [2.24, 2.45) is 0 Å². The lowest BCUT2D eigenvalue weighted by Crippen LogP contribution is -2.17. The molecule has 4 rings (SSSR count). The zero-order chi connectivity index (χ0) is 22.2. The number of aliphatic carboxylic acids is 1. The van der Waals surface area contributed by atoms with E-state index in [2.05, 4.69) is 17.6 Å². The van der Waals surface area contributed by atoms with Crippen LogP contribution in [0.4, 0.5) is 0 Å². The lowest BCUT2D eigenvalue weighted by molar-refractivity contribution is -0.136. The van der Waals surface area contributed by atoms with E-state index in [1.165, 1.54) is 0 Å². The summed E-state index contributed by atoms with van der Waals surface area (Å²) in [6, 6.07) is 9.69. The second kappa shape index (κ2) is 8.32. The molecule has 160 valence electrons. The monoisotopic (exact) mass is 429 g/mol. The van der Waals surface area contributed by atoms with Crippen molar-refractivity contribution in [2.45, 2.75) is 53.2 Å². The van der Waals surface area contributed by atoms with Gasteiger partial charge in [-0.2, -0.15) is 0 Å². The van der Waals surface area contributed by atoms with E-state index in [1.54, 1.807) is 20.8 Å². The molecule has 0 amide bonds. The SMILES string of the molecule is CC(C)(C)O.Cc1c(CC(=O)O)c(-c2ccc(Cl)cc2)c2cc(C)n3c2c1OCC3. The molecule has 0 bridgehead atoms. The number of ether oxygens (including phenoxy) is 1. The van der Waals surface area contributed by atoms with Crippen LogP contribution in [-0.2, 0) is 17.8 Å². The zero-order valence-electron chi connectivity index (χ0n) is 18.0. The maximum Gasteiger partial charge on any atom is 0.307 e. The van der Waals surface area contributed by atoms with Crippen LogP contribution in [0.1, 0.15) is 37.6 Å². The van der Waals surface area contributed by atoms with E-state index >= 15 is 0 Å². The molecule has 30 heavy (non-hydrogen) atoms. The number of aliphatic hydroxyl groups is 1. The molecule has 5 nitrogen and oxygen atoms in total. The second-order valence-electron chi connectivity index (χ2n) is 8.60. The van der Waals surface area contributed by atoms with Crippen molar-refractivity contribution in [1.29, 1.82) is 0 Å².